The van der Waals surface area contributed by atoms with Gasteiger partial charge in [0.05, 0.1) is 12.1 Å². The standard InChI is InChI=1S/C27H28ClF3IN3O4S/c1-17(28)2-9-21(14-32)35(15-18-3-5-20(6-4-18)25(38)33-13-12-24(36)37)26-34-23(16-40-26)19-7-10-22(11-8-19)39-27(29,30)31/h3-8,10-11,16-17,21H,2,9,12-15H2,1H3,(H,33,38)(H,36,37). The van der Waals surface area contributed by atoms with Crippen LogP contribution >= 0.6 is 45.5 Å². The minimum atomic E-state index is -4.76. The third-order valence-electron chi connectivity index (χ3n) is 5.83. The fourth-order valence-electron chi connectivity index (χ4n) is 3.79. The van der Waals surface area contributed by atoms with Crippen LogP contribution in [0.2, 0.25) is 0 Å². The van der Waals surface area contributed by atoms with Crippen LogP contribution in [0.3, 0.4) is 0 Å². The molecular formula is C27H28ClF3IN3O4S. The highest BCUT2D eigenvalue weighted by Gasteiger charge is 2.31. The molecule has 2 unspecified atom stereocenters. The van der Waals surface area contributed by atoms with E-state index in [4.69, 9.17) is 21.7 Å². The molecule has 216 valence electrons. The van der Waals surface area contributed by atoms with E-state index in [2.05, 4.69) is 37.5 Å². The van der Waals surface area contributed by atoms with Crippen LogP contribution in [0.15, 0.2) is 53.9 Å². The SMILES string of the molecule is CC(Cl)CCC(CI)N(Cc1ccc(C(=O)NCCC(=O)O)cc1)c1nc(-c2ccc(OC(F)(F)F)cc2)cs1. The van der Waals surface area contributed by atoms with Crippen LogP contribution in [0.25, 0.3) is 11.3 Å². The zero-order valence-corrected chi connectivity index (χ0v) is 25.2. The summed E-state index contributed by atoms with van der Waals surface area (Å²) >= 11 is 10.0. The molecule has 2 N–H and O–H groups in total. The van der Waals surface area contributed by atoms with E-state index in [0.29, 0.717) is 23.4 Å². The molecule has 1 aromatic heterocycles. The van der Waals surface area contributed by atoms with Gasteiger partial charge < -0.3 is 20.1 Å². The van der Waals surface area contributed by atoms with Crippen LogP contribution in [0.5, 0.6) is 5.75 Å². The van der Waals surface area contributed by atoms with Crippen LogP contribution in [-0.4, -0.2) is 50.7 Å². The lowest BCUT2D eigenvalue weighted by Crippen LogP contribution is -2.36. The summed E-state index contributed by atoms with van der Waals surface area (Å²) in [7, 11) is 0. The molecular weight excluding hydrogens is 682 g/mol. The van der Waals surface area contributed by atoms with Gasteiger partial charge in [0.1, 0.15) is 5.75 Å². The van der Waals surface area contributed by atoms with Crippen LogP contribution < -0.4 is 15.0 Å². The maximum absolute atomic E-state index is 12.5. The summed E-state index contributed by atoms with van der Waals surface area (Å²) in [6.07, 6.45) is -3.28. The Morgan fingerprint density at radius 2 is 1.82 bits per heavy atom. The number of hydrogen-bond acceptors (Lipinski definition) is 6. The average molecular weight is 710 g/mol. The fraction of sp³-hybridized carbons (Fsp3) is 0.370. The maximum Gasteiger partial charge on any atom is 0.573 e. The summed E-state index contributed by atoms with van der Waals surface area (Å²) in [5.41, 5.74) is 2.67. The third-order valence-corrected chi connectivity index (χ3v) is 7.94. The van der Waals surface area contributed by atoms with E-state index in [1.54, 1.807) is 12.1 Å². The molecule has 2 aromatic carbocycles. The first-order chi connectivity index (χ1) is 18.9. The molecule has 0 bridgehead atoms. The van der Waals surface area contributed by atoms with Gasteiger partial charge in [-0.1, -0.05) is 34.7 Å². The van der Waals surface area contributed by atoms with E-state index in [1.807, 2.05) is 24.4 Å². The Hall–Kier alpha value is -2.58. The number of carboxylic acids is 1. The van der Waals surface area contributed by atoms with E-state index >= 15 is 0 Å². The Balaban J connectivity index is 1.80. The topological polar surface area (TPSA) is 91.8 Å². The van der Waals surface area contributed by atoms with Crippen molar-refractivity contribution < 1.29 is 32.6 Å². The summed E-state index contributed by atoms with van der Waals surface area (Å²) in [5.74, 6) is -1.63. The van der Waals surface area contributed by atoms with Gasteiger partial charge in [0.2, 0.25) is 0 Å². The number of rotatable bonds is 14. The molecule has 0 saturated carbocycles. The second kappa shape index (κ2) is 14.9. The van der Waals surface area contributed by atoms with E-state index in [-0.39, 0.29) is 36.0 Å². The number of amides is 1. The molecule has 1 amide bonds. The first kappa shape index (κ1) is 31.9. The number of anilines is 1. The molecule has 0 aliphatic carbocycles. The normalized spacial score (nSPS) is 12.9. The molecule has 40 heavy (non-hydrogen) atoms. The lowest BCUT2D eigenvalue weighted by atomic mass is 10.1. The molecule has 7 nitrogen and oxygen atoms in total. The number of aliphatic carboxylic acids is 1. The molecule has 0 fully saturated rings. The van der Waals surface area contributed by atoms with Crippen molar-refractivity contribution in [1.29, 1.82) is 0 Å². The molecule has 0 radical (unpaired) electrons. The molecule has 0 aliphatic heterocycles. The lowest BCUT2D eigenvalue weighted by molar-refractivity contribution is -0.274. The molecule has 13 heteroatoms. The number of alkyl halides is 5. The number of carboxylic acid groups (broad SMARTS) is 1. The van der Waals surface area contributed by atoms with Crippen LogP contribution in [0.4, 0.5) is 18.3 Å². The quantitative estimate of drug-likeness (QED) is 0.137. The number of nitrogens with zero attached hydrogens (tertiary/aromatic N) is 2. The van der Waals surface area contributed by atoms with Crippen molar-refractivity contribution in [3.05, 3.63) is 65.0 Å². The van der Waals surface area contributed by atoms with Crippen molar-refractivity contribution in [3.63, 3.8) is 0 Å². The number of benzene rings is 2. The van der Waals surface area contributed by atoms with E-state index in [1.165, 1.54) is 35.6 Å². The Morgan fingerprint density at radius 3 is 2.40 bits per heavy atom. The second-order valence-electron chi connectivity index (χ2n) is 8.98. The summed E-state index contributed by atoms with van der Waals surface area (Å²) in [5, 5.41) is 14.0. The van der Waals surface area contributed by atoms with Crippen LogP contribution in [-0.2, 0) is 11.3 Å². The van der Waals surface area contributed by atoms with E-state index < -0.39 is 12.3 Å². The van der Waals surface area contributed by atoms with Gasteiger partial charge in [-0.25, -0.2) is 4.98 Å². The number of ether oxygens (including phenoxy) is 1. The van der Waals surface area contributed by atoms with Crippen molar-refractivity contribution in [3.8, 4) is 17.0 Å². The predicted octanol–water partition coefficient (Wildman–Crippen LogP) is 7.13. The Kier molecular flexibility index (Phi) is 11.9. The van der Waals surface area contributed by atoms with Gasteiger partial charge in [0.25, 0.3) is 5.91 Å². The number of halogens is 5. The monoisotopic (exact) mass is 709 g/mol. The summed E-state index contributed by atoms with van der Waals surface area (Å²) in [6.45, 7) is 2.51. The highest BCUT2D eigenvalue weighted by atomic mass is 127. The number of hydrogen-bond donors (Lipinski definition) is 2. The zero-order valence-electron chi connectivity index (χ0n) is 21.5. The summed E-state index contributed by atoms with van der Waals surface area (Å²) in [4.78, 5) is 30.0. The van der Waals surface area contributed by atoms with Crippen molar-refractivity contribution in [1.82, 2.24) is 10.3 Å². The van der Waals surface area contributed by atoms with Gasteiger partial charge >= 0.3 is 12.3 Å². The number of carbonyl (C=O) groups is 2. The zero-order chi connectivity index (χ0) is 29.3. The Labute approximate surface area is 252 Å². The Bertz CT molecular complexity index is 1260. The Morgan fingerprint density at radius 1 is 1.15 bits per heavy atom. The summed E-state index contributed by atoms with van der Waals surface area (Å²) < 4.78 is 42.3. The largest absolute Gasteiger partial charge is 0.573 e. The van der Waals surface area contributed by atoms with Crippen molar-refractivity contribution >= 4 is 62.5 Å². The van der Waals surface area contributed by atoms with E-state index in [9.17, 15) is 22.8 Å². The summed E-state index contributed by atoms with van der Waals surface area (Å²) in [6, 6.07) is 12.8. The number of carbonyl (C=O) groups excluding carboxylic acids is 1. The minimum absolute atomic E-state index is 0.00973. The molecule has 1 heterocycles. The van der Waals surface area contributed by atoms with Gasteiger partial charge in [-0.2, -0.15) is 0 Å². The molecule has 0 spiro atoms. The van der Waals surface area contributed by atoms with Crippen molar-refractivity contribution in [2.75, 3.05) is 15.9 Å². The van der Waals surface area contributed by atoms with Gasteiger partial charge in [-0.15, -0.1) is 36.1 Å². The van der Waals surface area contributed by atoms with Crippen molar-refractivity contribution in [2.45, 2.75) is 50.5 Å². The van der Waals surface area contributed by atoms with Crippen LogP contribution in [0.1, 0.15) is 42.1 Å². The lowest BCUT2D eigenvalue weighted by Gasteiger charge is -2.31. The fourth-order valence-corrected chi connectivity index (χ4v) is 5.74. The first-order valence-corrected chi connectivity index (χ1v) is 15.2. The molecule has 0 aliphatic rings. The molecule has 3 aromatic rings. The highest BCUT2D eigenvalue weighted by molar-refractivity contribution is 14.1. The highest BCUT2D eigenvalue weighted by Crippen LogP contribution is 2.33. The smallest absolute Gasteiger partial charge is 0.481 e. The molecule has 2 atom stereocenters. The molecule has 0 saturated heterocycles. The maximum atomic E-state index is 12.5. The minimum Gasteiger partial charge on any atom is -0.481 e. The predicted molar refractivity (Wildman–Crippen MR) is 159 cm³/mol. The first-order valence-electron chi connectivity index (χ1n) is 12.3. The number of aromatic nitrogens is 1. The van der Waals surface area contributed by atoms with Gasteiger partial charge in [-0.05, 0) is 61.7 Å². The van der Waals surface area contributed by atoms with Gasteiger partial charge in [0, 0.05) is 45.4 Å². The second-order valence-corrected chi connectivity index (χ2v) is 11.4. The third kappa shape index (κ3) is 10.1. The van der Waals surface area contributed by atoms with Gasteiger partial charge in [-0.3, -0.25) is 9.59 Å². The number of nitrogens with one attached hydrogen (secondary N) is 1. The van der Waals surface area contributed by atoms with E-state index in [0.717, 1.165) is 28.0 Å². The van der Waals surface area contributed by atoms with Crippen molar-refractivity contribution in [2.24, 2.45) is 0 Å². The van der Waals surface area contributed by atoms with Gasteiger partial charge in [0.15, 0.2) is 5.13 Å². The molecule has 3 rings (SSSR count). The average Bonchev–Trinajstić information content (AvgIpc) is 3.38. The van der Waals surface area contributed by atoms with Crippen LogP contribution in [0, 0.1) is 0 Å². The number of thiazole rings is 1.